The van der Waals surface area contributed by atoms with Crippen molar-refractivity contribution in [3.05, 3.63) is 53.5 Å². The quantitative estimate of drug-likeness (QED) is 0.815. The van der Waals surface area contributed by atoms with E-state index in [1.165, 1.54) is 7.11 Å². The summed E-state index contributed by atoms with van der Waals surface area (Å²) < 4.78 is 4.62. The second kappa shape index (κ2) is 6.81. The van der Waals surface area contributed by atoms with E-state index in [1.54, 1.807) is 13.0 Å². The zero-order valence-corrected chi connectivity index (χ0v) is 11.9. The molecule has 110 valence electrons. The number of benzene rings is 1. The number of nitrogens with one attached hydrogen (secondary N) is 1. The van der Waals surface area contributed by atoms with Crippen LogP contribution in [0, 0.1) is 6.92 Å². The van der Waals surface area contributed by atoms with Crippen molar-refractivity contribution in [2.24, 2.45) is 0 Å². The Morgan fingerprint density at radius 3 is 2.67 bits per heavy atom. The van der Waals surface area contributed by atoms with E-state index in [4.69, 9.17) is 0 Å². The molecule has 0 saturated heterocycles. The molecule has 2 aromatic rings. The minimum Gasteiger partial charge on any atom is -0.463 e. The maximum Gasteiger partial charge on any atom is 0.376 e. The van der Waals surface area contributed by atoms with Crippen LogP contribution in [-0.2, 0) is 4.74 Å². The molecular weight excluding hydrogens is 270 g/mol. The van der Waals surface area contributed by atoms with Crippen LogP contribution < -0.4 is 5.32 Å². The molecule has 1 heterocycles. The number of carbonyl (C=O) groups excluding carboxylic acids is 1. The van der Waals surface area contributed by atoms with Crippen molar-refractivity contribution >= 4 is 11.8 Å². The van der Waals surface area contributed by atoms with Gasteiger partial charge in [-0.2, -0.15) is 0 Å². The van der Waals surface area contributed by atoms with E-state index in [0.717, 1.165) is 5.56 Å². The molecule has 0 spiro atoms. The summed E-state index contributed by atoms with van der Waals surface area (Å²) in [5.41, 5.74) is 1.56. The average Bonchev–Trinajstić information content (AvgIpc) is 2.52. The molecule has 0 aliphatic carbocycles. The number of aromatic nitrogens is 2. The zero-order valence-electron chi connectivity index (χ0n) is 11.9. The van der Waals surface area contributed by atoms with Gasteiger partial charge in [-0.1, -0.05) is 30.3 Å². The van der Waals surface area contributed by atoms with Crippen molar-refractivity contribution in [2.75, 3.05) is 19.0 Å². The van der Waals surface area contributed by atoms with Crippen LogP contribution in [0.4, 0.5) is 5.82 Å². The monoisotopic (exact) mass is 287 g/mol. The van der Waals surface area contributed by atoms with Crippen LogP contribution in [0.15, 0.2) is 36.4 Å². The fourth-order valence-corrected chi connectivity index (χ4v) is 1.92. The predicted molar refractivity (Wildman–Crippen MR) is 78.0 cm³/mol. The number of rotatable bonds is 5. The maximum absolute atomic E-state index is 11.5. The summed E-state index contributed by atoms with van der Waals surface area (Å²) in [7, 11) is 1.28. The van der Waals surface area contributed by atoms with E-state index >= 15 is 0 Å². The van der Waals surface area contributed by atoms with E-state index in [2.05, 4.69) is 20.0 Å². The normalized spacial score (nSPS) is 11.8. The topological polar surface area (TPSA) is 84.3 Å². The standard InChI is InChI=1S/C15H17N3O3/c1-10-8-13(18-14(16-10)15(20)21-2)17-12(9-19)11-6-4-3-5-7-11/h3-8,12,19H,9H2,1-2H3,(H,16,17,18). The van der Waals surface area contributed by atoms with Gasteiger partial charge in [0.05, 0.1) is 19.8 Å². The lowest BCUT2D eigenvalue weighted by atomic mass is 10.1. The molecule has 1 aromatic carbocycles. The Kier molecular flexibility index (Phi) is 4.84. The number of aliphatic hydroxyl groups is 1. The van der Waals surface area contributed by atoms with E-state index in [9.17, 15) is 9.90 Å². The van der Waals surface area contributed by atoms with Gasteiger partial charge >= 0.3 is 5.97 Å². The Hall–Kier alpha value is -2.47. The molecule has 2 N–H and O–H groups in total. The van der Waals surface area contributed by atoms with Crippen LogP contribution in [0.25, 0.3) is 0 Å². The van der Waals surface area contributed by atoms with Crippen molar-refractivity contribution in [3.8, 4) is 0 Å². The van der Waals surface area contributed by atoms with E-state index < -0.39 is 5.97 Å². The number of anilines is 1. The van der Waals surface area contributed by atoms with Crippen molar-refractivity contribution in [2.45, 2.75) is 13.0 Å². The third-order valence-electron chi connectivity index (χ3n) is 2.93. The zero-order chi connectivity index (χ0) is 15.2. The van der Waals surface area contributed by atoms with Gasteiger partial charge < -0.3 is 15.2 Å². The number of ether oxygens (including phenoxy) is 1. The number of aliphatic hydroxyl groups excluding tert-OH is 1. The summed E-state index contributed by atoms with van der Waals surface area (Å²) in [5.74, 6) is -0.141. The Balaban J connectivity index is 2.25. The van der Waals surface area contributed by atoms with Gasteiger partial charge in [0.15, 0.2) is 0 Å². The molecule has 2 rings (SSSR count). The van der Waals surface area contributed by atoms with Crippen molar-refractivity contribution in [3.63, 3.8) is 0 Å². The molecule has 0 fully saturated rings. The first-order valence-electron chi connectivity index (χ1n) is 6.50. The molecule has 0 bridgehead atoms. The summed E-state index contributed by atoms with van der Waals surface area (Å²) >= 11 is 0. The van der Waals surface area contributed by atoms with Gasteiger partial charge in [0.1, 0.15) is 5.82 Å². The molecule has 0 saturated carbocycles. The fourth-order valence-electron chi connectivity index (χ4n) is 1.92. The summed E-state index contributed by atoms with van der Waals surface area (Å²) in [5, 5.41) is 12.6. The molecule has 0 amide bonds. The van der Waals surface area contributed by atoms with Crippen LogP contribution >= 0.6 is 0 Å². The first kappa shape index (κ1) is 14.9. The Morgan fingerprint density at radius 1 is 1.33 bits per heavy atom. The molecule has 0 aliphatic heterocycles. The van der Waals surface area contributed by atoms with Gasteiger partial charge in [-0.05, 0) is 12.5 Å². The third kappa shape index (κ3) is 3.76. The highest BCUT2D eigenvalue weighted by Crippen LogP contribution is 2.18. The number of hydrogen-bond acceptors (Lipinski definition) is 6. The van der Waals surface area contributed by atoms with Gasteiger partial charge in [-0.15, -0.1) is 0 Å². The minimum atomic E-state index is -0.595. The highest BCUT2D eigenvalue weighted by atomic mass is 16.5. The maximum atomic E-state index is 11.5. The first-order chi connectivity index (χ1) is 10.1. The van der Waals surface area contributed by atoms with Gasteiger partial charge in [-0.25, -0.2) is 14.8 Å². The molecular formula is C15H17N3O3. The van der Waals surface area contributed by atoms with Gasteiger partial charge in [0, 0.05) is 11.8 Å². The van der Waals surface area contributed by atoms with Crippen molar-refractivity contribution < 1.29 is 14.6 Å². The van der Waals surface area contributed by atoms with Crippen molar-refractivity contribution in [1.29, 1.82) is 0 Å². The smallest absolute Gasteiger partial charge is 0.376 e. The molecule has 6 heteroatoms. The number of methoxy groups -OCH3 is 1. The minimum absolute atomic E-state index is 0.00949. The third-order valence-corrected chi connectivity index (χ3v) is 2.93. The highest BCUT2D eigenvalue weighted by Gasteiger charge is 2.15. The largest absolute Gasteiger partial charge is 0.463 e. The fraction of sp³-hybridized carbons (Fsp3) is 0.267. The number of nitrogens with zero attached hydrogens (tertiary/aromatic N) is 2. The second-order valence-corrected chi connectivity index (χ2v) is 4.50. The number of hydrogen-bond donors (Lipinski definition) is 2. The Labute approximate surface area is 122 Å². The summed E-state index contributed by atoms with van der Waals surface area (Å²) in [6.45, 7) is 1.66. The van der Waals surface area contributed by atoms with Gasteiger partial charge in [0.2, 0.25) is 5.82 Å². The van der Waals surface area contributed by atoms with Crippen LogP contribution in [0.3, 0.4) is 0 Å². The molecule has 0 radical (unpaired) electrons. The van der Waals surface area contributed by atoms with Crippen LogP contribution in [0.1, 0.15) is 27.9 Å². The SMILES string of the molecule is COC(=O)c1nc(C)cc(NC(CO)c2ccccc2)n1. The van der Waals surface area contributed by atoms with Gasteiger partial charge in [0.25, 0.3) is 0 Å². The summed E-state index contributed by atoms with van der Waals surface area (Å²) in [4.78, 5) is 19.7. The lowest BCUT2D eigenvalue weighted by molar-refractivity contribution is 0.0586. The molecule has 21 heavy (non-hydrogen) atoms. The van der Waals surface area contributed by atoms with Crippen LogP contribution in [0.5, 0.6) is 0 Å². The summed E-state index contributed by atoms with van der Waals surface area (Å²) in [6, 6.07) is 10.9. The Bertz CT molecular complexity index is 617. The predicted octanol–water partition coefficient (Wildman–Crippen LogP) is 1.72. The summed E-state index contributed by atoms with van der Waals surface area (Å²) in [6.07, 6.45) is 0. The molecule has 1 atom stereocenters. The van der Waals surface area contributed by atoms with E-state index in [1.807, 2.05) is 30.3 Å². The molecule has 1 unspecified atom stereocenters. The van der Waals surface area contributed by atoms with E-state index in [0.29, 0.717) is 11.5 Å². The lowest BCUT2D eigenvalue weighted by Gasteiger charge is -2.17. The van der Waals surface area contributed by atoms with Gasteiger partial charge in [-0.3, -0.25) is 0 Å². The molecule has 1 aromatic heterocycles. The number of aryl methyl sites for hydroxylation is 1. The highest BCUT2D eigenvalue weighted by molar-refractivity contribution is 5.85. The Morgan fingerprint density at radius 2 is 2.05 bits per heavy atom. The second-order valence-electron chi connectivity index (χ2n) is 4.50. The number of esters is 1. The average molecular weight is 287 g/mol. The molecule has 6 nitrogen and oxygen atoms in total. The number of carbonyl (C=O) groups is 1. The first-order valence-corrected chi connectivity index (χ1v) is 6.50. The van der Waals surface area contributed by atoms with Crippen molar-refractivity contribution in [1.82, 2.24) is 9.97 Å². The van der Waals surface area contributed by atoms with E-state index in [-0.39, 0.29) is 18.5 Å². The molecule has 0 aliphatic rings. The lowest BCUT2D eigenvalue weighted by Crippen LogP contribution is -2.17. The van der Waals surface area contributed by atoms with Crippen LogP contribution in [-0.4, -0.2) is 34.8 Å². The van der Waals surface area contributed by atoms with Crippen LogP contribution in [0.2, 0.25) is 0 Å².